The maximum atomic E-state index is 12.3. The van der Waals surface area contributed by atoms with Crippen molar-refractivity contribution in [3.05, 3.63) is 22.5 Å². The monoisotopic (exact) mass is 325 g/mol. The summed E-state index contributed by atoms with van der Waals surface area (Å²) < 4.78 is 4.61. The minimum atomic E-state index is -0.623. The highest BCUT2D eigenvalue weighted by Crippen LogP contribution is 2.24. The van der Waals surface area contributed by atoms with Gasteiger partial charge >= 0.3 is 5.76 Å². The van der Waals surface area contributed by atoms with Gasteiger partial charge in [-0.2, -0.15) is 11.8 Å². The molecular formula is C14H19N3O4S. The zero-order chi connectivity index (χ0) is 15.5. The van der Waals surface area contributed by atoms with Gasteiger partial charge in [0.05, 0.1) is 5.92 Å². The number of nitrogens with one attached hydrogen (secondary N) is 2. The standard InChI is InChI=1S/C14H19N3O4S/c18-12(10-7-22-8-10)15-4-9-2-1-3-17(5-9)13(19)11-6-21-14(20)16-11/h6,9-10H,1-5,7-8H2,(H,15,18)(H,16,20). The molecule has 2 fully saturated rings. The van der Waals surface area contributed by atoms with E-state index in [4.69, 9.17) is 0 Å². The van der Waals surface area contributed by atoms with Crippen LogP contribution < -0.4 is 11.1 Å². The van der Waals surface area contributed by atoms with Crippen LogP contribution in [0.5, 0.6) is 0 Å². The van der Waals surface area contributed by atoms with E-state index in [-0.39, 0.29) is 29.3 Å². The van der Waals surface area contributed by atoms with E-state index in [9.17, 15) is 14.4 Å². The van der Waals surface area contributed by atoms with Crippen LogP contribution in [0, 0.1) is 11.8 Å². The zero-order valence-electron chi connectivity index (χ0n) is 12.2. The maximum Gasteiger partial charge on any atom is 0.416 e. The molecule has 120 valence electrons. The van der Waals surface area contributed by atoms with Crippen molar-refractivity contribution in [2.45, 2.75) is 12.8 Å². The van der Waals surface area contributed by atoms with Gasteiger partial charge in [0.25, 0.3) is 5.91 Å². The van der Waals surface area contributed by atoms with E-state index >= 15 is 0 Å². The fourth-order valence-corrected chi connectivity index (χ4v) is 3.52. The van der Waals surface area contributed by atoms with Gasteiger partial charge in [-0.25, -0.2) is 4.79 Å². The van der Waals surface area contributed by atoms with Gasteiger partial charge in [0, 0.05) is 31.1 Å². The molecular weight excluding hydrogens is 306 g/mol. The van der Waals surface area contributed by atoms with Crippen LogP contribution in [0.3, 0.4) is 0 Å². The van der Waals surface area contributed by atoms with Crippen LogP contribution in [-0.4, -0.2) is 52.8 Å². The maximum absolute atomic E-state index is 12.3. The van der Waals surface area contributed by atoms with Gasteiger partial charge in [0.15, 0.2) is 0 Å². The van der Waals surface area contributed by atoms with Gasteiger partial charge in [-0.15, -0.1) is 0 Å². The molecule has 1 aromatic heterocycles. The molecule has 0 spiro atoms. The zero-order valence-corrected chi connectivity index (χ0v) is 13.0. The molecule has 8 heteroatoms. The summed E-state index contributed by atoms with van der Waals surface area (Å²) in [6.07, 6.45) is 3.04. The summed E-state index contributed by atoms with van der Waals surface area (Å²) in [4.78, 5) is 39.2. The molecule has 2 aliphatic rings. The predicted molar refractivity (Wildman–Crippen MR) is 81.8 cm³/mol. The third-order valence-corrected chi connectivity index (χ3v) is 5.41. The first-order chi connectivity index (χ1) is 10.6. The summed E-state index contributed by atoms with van der Waals surface area (Å²) in [7, 11) is 0. The van der Waals surface area contributed by atoms with Crippen molar-refractivity contribution < 1.29 is 14.0 Å². The molecule has 2 aliphatic heterocycles. The van der Waals surface area contributed by atoms with Gasteiger partial charge < -0.3 is 14.6 Å². The molecule has 3 rings (SSSR count). The Balaban J connectivity index is 1.51. The number of carbonyl (C=O) groups excluding carboxylic acids is 2. The van der Waals surface area contributed by atoms with Gasteiger partial charge in [-0.05, 0) is 18.8 Å². The lowest BCUT2D eigenvalue weighted by molar-refractivity contribution is -0.124. The molecule has 2 N–H and O–H groups in total. The van der Waals surface area contributed by atoms with E-state index in [2.05, 4.69) is 14.7 Å². The number of H-pyrrole nitrogens is 1. The molecule has 1 atom stereocenters. The van der Waals surface area contributed by atoms with Gasteiger partial charge in [0.2, 0.25) is 5.91 Å². The number of carbonyl (C=O) groups is 2. The van der Waals surface area contributed by atoms with Crippen LogP contribution in [0.2, 0.25) is 0 Å². The fraction of sp³-hybridized carbons (Fsp3) is 0.643. The van der Waals surface area contributed by atoms with Crippen LogP contribution in [0.1, 0.15) is 23.3 Å². The Hall–Kier alpha value is -1.70. The summed E-state index contributed by atoms with van der Waals surface area (Å²) in [5.74, 6) is 1.51. The third kappa shape index (κ3) is 3.37. The number of nitrogens with zero attached hydrogens (tertiary/aromatic N) is 1. The minimum Gasteiger partial charge on any atom is -0.416 e. The second-order valence-corrected chi connectivity index (χ2v) is 6.88. The Labute approximate surface area is 131 Å². The first kappa shape index (κ1) is 15.2. The molecule has 0 bridgehead atoms. The number of aromatic nitrogens is 1. The summed E-state index contributed by atoms with van der Waals surface area (Å²) in [6.45, 7) is 1.85. The summed E-state index contributed by atoms with van der Waals surface area (Å²) in [6, 6.07) is 0. The van der Waals surface area contributed by atoms with Gasteiger partial charge in [0.1, 0.15) is 12.0 Å². The Morgan fingerprint density at radius 2 is 2.27 bits per heavy atom. The molecule has 0 saturated carbocycles. The summed E-state index contributed by atoms with van der Waals surface area (Å²) in [5, 5.41) is 2.99. The smallest absolute Gasteiger partial charge is 0.416 e. The lowest BCUT2D eigenvalue weighted by Gasteiger charge is -2.33. The number of hydrogen-bond acceptors (Lipinski definition) is 5. The van der Waals surface area contributed by atoms with Crippen molar-refractivity contribution in [1.29, 1.82) is 0 Å². The second kappa shape index (κ2) is 6.60. The van der Waals surface area contributed by atoms with Gasteiger partial charge in [-0.3, -0.25) is 14.6 Å². The average molecular weight is 325 g/mol. The molecule has 2 saturated heterocycles. The fourth-order valence-electron chi connectivity index (χ4n) is 2.75. The number of aromatic amines is 1. The Bertz CT molecular complexity index is 607. The number of hydrogen-bond donors (Lipinski definition) is 2. The van der Waals surface area contributed by atoms with Crippen molar-refractivity contribution in [1.82, 2.24) is 15.2 Å². The van der Waals surface area contributed by atoms with Crippen molar-refractivity contribution in [2.24, 2.45) is 11.8 Å². The highest BCUT2D eigenvalue weighted by Gasteiger charge is 2.29. The topological polar surface area (TPSA) is 95.4 Å². The third-order valence-electron chi connectivity index (χ3n) is 4.13. The van der Waals surface area contributed by atoms with E-state index in [1.54, 1.807) is 16.7 Å². The van der Waals surface area contributed by atoms with Crippen molar-refractivity contribution >= 4 is 23.6 Å². The number of oxazole rings is 1. The molecule has 22 heavy (non-hydrogen) atoms. The normalized spacial score (nSPS) is 22.2. The first-order valence-electron chi connectivity index (χ1n) is 7.46. The Morgan fingerprint density at radius 3 is 2.91 bits per heavy atom. The molecule has 1 aromatic rings. The molecule has 1 unspecified atom stereocenters. The molecule has 2 amide bonds. The number of piperidine rings is 1. The number of amides is 2. The molecule has 0 aromatic carbocycles. The van der Waals surface area contributed by atoms with Crippen molar-refractivity contribution in [3.8, 4) is 0 Å². The SMILES string of the molecule is O=C(NCC1CCCN(C(=O)c2coc(=O)[nH]2)C1)C1CSC1. The molecule has 0 radical (unpaired) electrons. The first-order valence-corrected chi connectivity index (χ1v) is 8.61. The molecule has 7 nitrogen and oxygen atoms in total. The number of rotatable bonds is 4. The van der Waals surface area contributed by atoms with E-state index in [1.165, 1.54) is 0 Å². The van der Waals surface area contributed by atoms with E-state index in [0.29, 0.717) is 19.6 Å². The summed E-state index contributed by atoms with van der Waals surface area (Å²) >= 11 is 1.79. The van der Waals surface area contributed by atoms with E-state index in [1.807, 2.05) is 0 Å². The minimum absolute atomic E-state index is 0.126. The predicted octanol–water partition coefficient (Wildman–Crippen LogP) is 0.299. The van der Waals surface area contributed by atoms with Crippen LogP contribution in [0.25, 0.3) is 0 Å². The lowest BCUT2D eigenvalue weighted by atomic mass is 9.97. The van der Waals surface area contributed by atoms with Crippen LogP contribution >= 0.6 is 11.8 Å². The summed E-state index contributed by atoms with van der Waals surface area (Å²) in [5.41, 5.74) is 0.182. The highest BCUT2D eigenvalue weighted by molar-refractivity contribution is 8.00. The highest BCUT2D eigenvalue weighted by atomic mass is 32.2. The van der Waals surface area contributed by atoms with E-state index in [0.717, 1.165) is 30.6 Å². The van der Waals surface area contributed by atoms with Crippen LogP contribution in [0.15, 0.2) is 15.5 Å². The van der Waals surface area contributed by atoms with Crippen molar-refractivity contribution in [2.75, 3.05) is 31.1 Å². The molecule has 0 aliphatic carbocycles. The van der Waals surface area contributed by atoms with Crippen molar-refractivity contribution in [3.63, 3.8) is 0 Å². The second-order valence-electron chi connectivity index (χ2n) is 5.80. The van der Waals surface area contributed by atoms with Gasteiger partial charge in [-0.1, -0.05) is 0 Å². The van der Waals surface area contributed by atoms with Crippen LogP contribution in [-0.2, 0) is 4.79 Å². The number of likely N-dealkylation sites (tertiary alicyclic amines) is 1. The molecule has 3 heterocycles. The van der Waals surface area contributed by atoms with Crippen LogP contribution in [0.4, 0.5) is 0 Å². The number of thioether (sulfide) groups is 1. The quantitative estimate of drug-likeness (QED) is 0.830. The van der Waals surface area contributed by atoms with E-state index < -0.39 is 5.76 Å². The average Bonchev–Trinajstić information content (AvgIpc) is 2.89. The Kier molecular flexibility index (Phi) is 4.56. The largest absolute Gasteiger partial charge is 0.416 e. The Morgan fingerprint density at radius 1 is 1.45 bits per heavy atom. The lowest BCUT2D eigenvalue weighted by Crippen LogP contribution is -2.46.